The Morgan fingerprint density at radius 3 is 2.81 bits per heavy atom. The number of halogens is 1. The lowest BCUT2D eigenvalue weighted by Gasteiger charge is -2.07. The average molecular weight is 305 g/mol. The lowest BCUT2D eigenvalue weighted by atomic mass is 10.2. The number of rotatable bonds is 1. The minimum atomic E-state index is -0.787. The molecule has 8 nitrogen and oxygen atoms in total. The Kier molecular flexibility index (Phi) is 3.04. The second-order valence-corrected chi connectivity index (χ2v) is 4.74. The number of nitrogens with one attached hydrogen (secondary N) is 1. The summed E-state index contributed by atoms with van der Waals surface area (Å²) in [6.07, 6.45) is 0. The Bertz CT molecular complexity index is 952. The van der Waals surface area contributed by atoms with E-state index in [0.717, 1.165) is 0 Å². The zero-order valence-corrected chi connectivity index (χ0v) is 11.5. The lowest BCUT2D eigenvalue weighted by Crippen LogP contribution is -2.36. The highest BCUT2D eigenvalue weighted by Crippen LogP contribution is 2.18. The number of nitrogen functional groups attached to an aromatic ring is 1. The Balaban J connectivity index is 2.45. The first-order chi connectivity index (χ1) is 10.0. The third kappa shape index (κ3) is 2.10. The van der Waals surface area contributed by atoms with Gasteiger partial charge in [0.15, 0.2) is 16.9 Å². The number of amides is 1. The van der Waals surface area contributed by atoms with Gasteiger partial charge in [-0.2, -0.15) is 5.10 Å². The third-order valence-corrected chi connectivity index (χ3v) is 3.18. The molecule has 0 saturated heterocycles. The summed E-state index contributed by atoms with van der Waals surface area (Å²) in [5.74, 6) is 4.25. The molecule has 2 aromatic heterocycles. The molecule has 0 radical (unpaired) electrons. The fourth-order valence-electron chi connectivity index (χ4n) is 1.97. The van der Waals surface area contributed by atoms with Crippen molar-refractivity contribution >= 4 is 39.7 Å². The highest BCUT2D eigenvalue weighted by atomic mass is 35.5. The molecule has 3 N–H and O–H groups in total. The van der Waals surface area contributed by atoms with Crippen LogP contribution in [0.25, 0.3) is 22.2 Å². The van der Waals surface area contributed by atoms with Crippen LogP contribution in [0.1, 0.15) is 10.5 Å². The van der Waals surface area contributed by atoms with Crippen molar-refractivity contribution < 1.29 is 4.79 Å². The molecule has 21 heavy (non-hydrogen) atoms. The highest BCUT2D eigenvalue weighted by molar-refractivity contribution is 6.31. The first-order valence-electron chi connectivity index (χ1n) is 5.86. The average Bonchev–Trinajstić information content (AvgIpc) is 2.48. The number of hydrogen-bond donors (Lipinski definition) is 2. The van der Waals surface area contributed by atoms with Gasteiger partial charge in [0.05, 0.1) is 11.0 Å². The van der Waals surface area contributed by atoms with Crippen molar-refractivity contribution in [3.05, 3.63) is 39.1 Å². The predicted octanol–water partition coefficient (Wildman–Crippen LogP) is 0.134. The minimum Gasteiger partial charge on any atom is -0.289 e. The van der Waals surface area contributed by atoms with E-state index in [1.54, 1.807) is 25.2 Å². The Hall–Kier alpha value is -2.58. The number of benzene rings is 1. The number of hydrogen-bond acceptors (Lipinski definition) is 6. The molecule has 106 valence electrons. The summed E-state index contributed by atoms with van der Waals surface area (Å²) in [7, 11) is 1.56. The summed E-state index contributed by atoms with van der Waals surface area (Å²) < 4.78 is 1.31. The second kappa shape index (κ2) is 4.76. The van der Waals surface area contributed by atoms with Crippen LogP contribution in [0.5, 0.6) is 0 Å². The molecule has 0 fully saturated rings. The van der Waals surface area contributed by atoms with Crippen LogP contribution in [0.15, 0.2) is 23.0 Å². The van der Waals surface area contributed by atoms with Crippen LogP contribution >= 0.6 is 11.6 Å². The standard InChI is InChI=1S/C12H9ClN6O2/c1-19-11-8(10(20)9(18-19)12(21)17-14)15-7-4-5(13)2-3-6(7)16-11/h2-4H,14H2,1H3,(H,17,21). The van der Waals surface area contributed by atoms with Crippen molar-refractivity contribution in [3.8, 4) is 0 Å². The van der Waals surface area contributed by atoms with Crippen LogP contribution < -0.4 is 16.7 Å². The molecule has 3 aromatic rings. The van der Waals surface area contributed by atoms with Crippen LogP contribution in [0.4, 0.5) is 0 Å². The van der Waals surface area contributed by atoms with E-state index < -0.39 is 11.3 Å². The van der Waals surface area contributed by atoms with Gasteiger partial charge in [0.25, 0.3) is 5.91 Å². The molecule has 1 aromatic carbocycles. The first kappa shape index (κ1) is 13.4. The van der Waals surface area contributed by atoms with Crippen molar-refractivity contribution in [1.82, 2.24) is 25.2 Å². The normalized spacial score (nSPS) is 11.0. The monoisotopic (exact) mass is 304 g/mol. The van der Waals surface area contributed by atoms with E-state index in [0.29, 0.717) is 16.1 Å². The maximum atomic E-state index is 12.3. The predicted molar refractivity (Wildman–Crippen MR) is 76.7 cm³/mol. The van der Waals surface area contributed by atoms with Gasteiger partial charge < -0.3 is 0 Å². The molecule has 2 heterocycles. The summed E-state index contributed by atoms with van der Waals surface area (Å²) >= 11 is 5.90. The fourth-order valence-corrected chi connectivity index (χ4v) is 2.13. The van der Waals surface area contributed by atoms with E-state index in [1.165, 1.54) is 4.68 Å². The van der Waals surface area contributed by atoms with E-state index in [1.807, 2.05) is 5.43 Å². The van der Waals surface area contributed by atoms with E-state index in [9.17, 15) is 9.59 Å². The first-order valence-corrected chi connectivity index (χ1v) is 6.24. The second-order valence-electron chi connectivity index (χ2n) is 4.30. The number of hydrazine groups is 1. The molecule has 1 amide bonds. The summed E-state index contributed by atoms with van der Waals surface area (Å²) in [5, 5.41) is 4.35. The van der Waals surface area contributed by atoms with Gasteiger partial charge in [-0.25, -0.2) is 20.5 Å². The molecule has 3 rings (SSSR count). The zero-order chi connectivity index (χ0) is 15.1. The molecule has 0 aliphatic heterocycles. The number of carbonyl (C=O) groups is 1. The van der Waals surface area contributed by atoms with Gasteiger partial charge >= 0.3 is 0 Å². The molecule has 9 heteroatoms. The third-order valence-electron chi connectivity index (χ3n) is 2.94. The molecular formula is C12H9ClN6O2. The smallest absolute Gasteiger partial charge is 0.289 e. The summed E-state index contributed by atoms with van der Waals surface area (Å²) in [6, 6.07) is 4.95. The molecular weight excluding hydrogens is 296 g/mol. The maximum Gasteiger partial charge on any atom is 0.289 e. The Morgan fingerprint density at radius 2 is 2.10 bits per heavy atom. The molecule has 0 saturated carbocycles. The Morgan fingerprint density at radius 1 is 1.33 bits per heavy atom. The summed E-state index contributed by atoms with van der Waals surface area (Å²) in [5.41, 5.74) is 2.21. The van der Waals surface area contributed by atoms with Crippen LogP contribution in [0.3, 0.4) is 0 Å². The number of nitrogens with zero attached hydrogens (tertiary/aromatic N) is 4. The molecule has 0 unspecified atom stereocenters. The van der Waals surface area contributed by atoms with Gasteiger partial charge in [0, 0.05) is 12.1 Å². The summed E-state index contributed by atoms with van der Waals surface area (Å²) in [4.78, 5) is 32.4. The topological polar surface area (TPSA) is 116 Å². The van der Waals surface area contributed by atoms with Crippen molar-refractivity contribution in [2.24, 2.45) is 12.9 Å². The largest absolute Gasteiger partial charge is 0.289 e. The number of aromatic nitrogens is 4. The van der Waals surface area contributed by atoms with Crippen molar-refractivity contribution in [2.75, 3.05) is 0 Å². The molecule has 0 spiro atoms. The van der Waals surface area contributed by atoms with Gasteiger partial charge in [-0.3, -0.25) is 15.0 Å². The zero-order valence-electron chi connectivity index (χ0n) is 10.8. The van der Waals surface area contributed by atoms with Crippen molar-refractivity contribution in [2.45, 2.75) is 0 Å². The molecule has 0 aliphatic carbocycles. The van der Waals surface area contributed by atoms with Gasteiger partial charge in [-0.15, -0.1) is 0 Å². The van der Waals surface area contributed by atoms with Crippen LogP contribution in [-0.2, 0) is 7.05 Å². The van der Waals surface area contributed by atoms with Gasteiger partial charge in [-0.05, 0) is 18.2 Å². The quantitative estimate of drug-likeness (QED) is 0.286. The van der Waals surface area contributed by atoms with Gasteiger partial charge in [0.1, 0.15) is 0 Å². The number of nitrogens with two attached hydrogens (primary N) is 1. The molecule has 0 bridgehead atoms. The van der Waals surface area contributed by atoms with E-state index in [-0.39, 0.29) is 16.9 Å². The van der Waals surface area contributed by atoms with Crippen molar-refractivity contribution in [1.29, 1.82) is 0 Å². The van der Waals surface area contributed by atoms with Crippen molar-refractivity contribution in [3.63, 3.8) is 0 Å². The number of aryl methyl sites for hydroxylation is 1. The maximum absolute atomic E-state index is 12.3. The lowest BCUT2D eigenvalue weighted by molar-refractivity contribution is 0.0945. The fraction of sp³-hybridized carbons (Fsp3) is 0.0833. The van der Waals surface area contributed by atoms with Gasteiger partial charge in [0.2, 0.25) is 5.43 Å². The highest BCUT2D eigenvalue weighted by Gasteiger charge is 2.18. The van der Waals surface area contributed by atoms with Crippen LogP contribution in [0, 0.1) is 0 Å². The van der Waals surface area contributed by atoms with E-state index in [4.69, 9.17) is 17.4 Å². The van der Waals surface area contributed by atoms with E-state index in [2.05, 4.69) is 15.1 Å². The number of carbonyl (C=O) groups excluding carboxylic acids is 1. The van der Waals surface area contributed by atoms with Gasteiger partial charge in [-0.1, -0.05) is 11.6 Å². The Labute approximate surface area is 122 Å². The molecule has 0 atom stereocenters. The van der Waals surface area contributed by atoms with Crippen LogP contribution in [0.2, 0.25) is 5.02 Å². The number of fused-ring (bicyclic) bond motifs is 2. The van der Waals surface area contributed by atoms with Crippen LogP contribution in [-0.4, -0.2) is 25.7 Å². The SMILES string of the molecule is Cn1nc(C(=O)NN)c(=O)c2nc3cc(Cl)ccc3nc21. The minimum absolute atomic E-state index is 0.0286. The summed E-state index contributed by atoms with van der Waals surface area (Å²) in [6.45, 7) is 0. The molecule has 0 aliphatic rings. The van der Waals surface area contributed by atoms with E-state index >= 15 is 0 Å².